The lowest BCUT2D eigenvalue weighted by Crippen LogP contribution is -2.30. The van der Waals surface area contributed by atoms with Crippen LogP contribution in [-0.2, 0) is 11.2 Å². The Morgan fingerprint density at radius 2 is 1.90 bits per heavy atom. The van der Waals surface area contributed by atoms with E-state index in [0.29, 0.717) is 5.75 Å². The zero-order valence-electron chi connectivity index (χ0n) is 12.7. The summed E-state index contributed by atoms with van der Waals surface area (Å²) >= 11 is 0. The number of rotatable bonds is 5. The summed E-state index contributed by atoms with van der Waals surface area (Å²) in [6.45, 7) is 5.84. The summed E-state index contributed by atoms with van der Waals surface area (Å²) in [7, 11) is 0. The fourth-order valence-electron chi connectivity index (χ4n) is 2.01. The SMILES string of the molecule is CCc1ccc(NC(=O)[C@@H](C)Oc2cccc(C)c2)cc1. The van der Waals surface area contributed by atoms with Crippen molar-refractivity contribution < 1.29 is 9.53 Å². The lowest BCUT2D eigenvalue weighted by atomic mass is 10.1. The van der Waals surface area contributed by atoms with Gasteiger partial charge in [0.05, 0.1) is 0 Å². The number of aryl methyl sites for hydroxylation is 2. The lowest BCUT2D eigenvalue weighted by Gasteiger charge is -2.15. The van der Waals surface area contributed by atoms with Gasteiger partial charge in [-0.1, -0.05) is 31.2 Å². The summed E-state index contributed by atoms with van der Waals surface area (Å²) in [5.74, 6) is 0.555. The Morgan fingerprint density at radius 1 is 1.19 bits per heavy atom. The average Bonchev–Trinajstić information content (AvgIpc) is 2.48. The number of nitrogens with one attached hydrogen (secondary N) is 1. The molecule has 21 heavy (non-hydrogen) atoms. The number of hydrogen-bond donors (Lipinski definition) is 1. The Balaban J connectivity index is 1.95. The first-order valence-electron chi connectivity index (χ1n) is 7.21. The molecule has 1 amide bonds. The number of anilines is 1. The maximum absolute atomic E-state index is 12.1. The highest BCUT2D eigenvalue weighted by atomic mass is 16.5. The fraction of sp³-hybridized carbons (Fsp3) is 0.278. The number of carbonyl (C=O) groups excluding carboxylic acids is 1. The first-order chi connectivity index (χ1) is 10.1. The van der Waals surface area contributed by atoms with Crippen LogP contribution in [0.3, 0.4) is 0 Å². The third kappa shape index (κ3) is 4.35. The Bertz CT molecular complexity index is 605. The van der Waals surface area contributed by atoms with Crippen molar-refractivity contribution in [1.82, 2.24) is 0 Å². The lowest BCUT2D eigenvalue weighted by molar-refractivity contribution is -0.122. The van der Waals surface area contributed by atoms with Crippen LogP contribution in [0.1, 0.15) is 25.0 Å². The van der Waals surface area contributed by atoms with Gasteiger partial charge in [0.2, 0.25) is 0 Å². The van der Waals surface area contributed by atoms with E-state index >= 15 is 0 Å². The van der Waals surface area contributed by atoms with Crippen molar-refractivity contribution in [3.63, 3.8) is 0 Å². The monoisotopic (exact) mass is 283 g/mol. The van der Waals surface area contributed by atoms with Gasteiger partial charge in [0.1, 0.15) is 5.75 Å². The Labute approximate surface area is 126 Å². The van der Waals surface area contributed by atoms with Crippen molar-refractivity contribution in [2.45, 2.75) is 33.3 Å². The van der Waals surface area contributed by atoms with Gasteiger partial charge in [-0.15, -0.1) is 0 Å². The van der Waals surface area contributed by atoms with Gasteiger partial charge >= 0.3 is 0 Å². The van der Waals surface area contributed by atoms with Crippen molar-refractivity contribution >= 4 is 11.6 Å². The van der Waals surface area contributed by atoms with E-state index in [2.05, 4.69) is 12.2 Å². The van der Waals surface area contributed by atoms with Crippen LogP contribution in [-0.4, -0.2) is 12.0 Å². The van der Waals surface area contributed by atoms with Crippen LogP contribution >= 0.6 is 0 Å². The van der Waals surface area contributed by atoms with E-state index in [1.165, 1.54) is 5.56 Å². The molecule has 0 heterocycles. The summed E-state index contributed by atoms with van der Waals surface area (Å²) in [6.07, 6.45) is 0.443. The molecule has 1 atom stereocenters. The van der Waals surface area contributed by atoms with Gasteiger partial charge in [0.15, 0.2) is 6.10 Å². The summed E-state index contributed by atoms with van der Waals surface area (Å²) in [6, 6.07) is 15.5. The topological polar surface area (TPSA) is 38.3 Å². The van der Waals surface area contributed by atoms with Gasteiger partial charge in [-0.25, -0.2) is 0 Å². The van der Waals surface area contributed by atoms with E-state index in [-0.39, 0.29) is 5.91 Å². The van der Waals surface area contributed by atoms with Crippen molar-refractivity contribution in [1.29, 1.82) is 0 Å². The van der Waals surface area contributed by atoms with Crippen LogP contribution < -0.4 is 10.1 Å². The van der Waals surface area contributed by atoms with Crippen molar-refractivity contribution in [2.75, 3.05) is 5.32 Å². The Hall–Kier alpha value is -2.29. The van der Waals surface area contributed by atoms with Crippen LogP contribution in [0, 0.1) is 6.92 Å². The highest BCUT2D eigenvalue weighted by molar-refractivity contribution is 5.94. The molecule has 0 saturated carbocycles. The van der Waals surface area contributed by atoms with Gasteiger partial charge in [0, 0.05) is 5.69 Å². The third-order valence-corrected chi connectivity index (χ3v) is 3.30. The van der Waals surface area contributed by atoms with Gasteiger partial charge in [0.25, 0.3) is 5.91 Å². The van der Waals surface area contributed by atoms with Crippen LogP contribution in [0.4, 0.5) is 5.69 Å². The van der Waals surface area contributed by atoms with E-state index in [1.807, 2.05) is 55.5 Å². The van der Waals surface area contributed by atoms with Crippen LogP contribution in [0.5, 0.6) is 5.75 Å². The molecule has 0 unspecified atom stereocenters. The standard InChI is InChI=1S/C18H21NO2/c1-4-15-8-10-16(11-9-15)19-18(20)14(3)21-17-7-5-6-13(2)12-17/h5-12,14H,4H2,1-3H3,(H,19,20)/t14-/m1/s1. The van der Waals surface area contributed by atoms with E-state index in [9.17, 15) is 4.79 Å². The van der Waals surface area contributed by atoms with Crippen LogP contribution in [0.25, 0.3) is 0 Å². The predicted molar refractivity (Wildman–Crippen MR) is 85.7 cm³/mol. The molecular formula is C18H21NO2. The molecule has 0 spiro atoms. The first-order valence-corrected chi connectivity index (χ1v) is 7.21. The number of ether oxygens (including phenoxy) is 1. The van der Waals surface area contributed by atoms with Gasteiger partial charge in [-0.3, -0.25) is 4.79 Å². The largest absolute Gasteiger partial charge is 0.481 e. The molecule has 3 heteroatoms. The second-order valence-electron chi connectivity index (χ2n) is 5.12. The zero-order valence-corrected chi connectivity index (χ0v) is 12.7. The molecule has 0 bridgehead atoms. The minimum Gasteiger partial charge on any atom is -0.481 e. The normalized spacial score (nSPS) is 11.8. The first kappa shape index (κ1) is 15.1. The molecule has 2 aromatic rings. The molecular weight excluding hydrogens is 262 g/mol. The number of hydrogen-bond acceptors (Lipinski definition) is 2. The molecule has 0 radical (unpaired) electrons. The average molecular weight is 283 g/mol. The molecule has 0 aliphatic heterocycles. The Morgan fingerprint density at radius 3 is 2.52 bits per heavy atom. The molecule has 0 fully saturated rings. The maximum atomic E-state index is 12.1. The second-order valence-corrected chi connectivity index (χ2v) is 5.12. The molecule has 2 aromatic carbocycles. The molecule has 2 rings (SSSR count). The van der Waals surface area contributed by atoms with Crippen molar-refractivity contribution in [3.8, 4) is 5.75 Å². The summed E-state index contributed by atoms with van der Waals surface area (Å²) < 4.78 is 5.66. The minimum atomic E-state index is -0.544. The van der Waals surface area contributed by atoms with Crippen molar-refractivity contribution in [2.24, 2.45) is 0 Å². The smallest absolute Gasteiger partial charge is 0.265 e. The summed E-state index contributed by atoms with van der Waals surface area (Å²) in [5.41, 5.74) is 3.14. The van der Waals surface area contributed by atoms with Crippen LogP contribution in [0.15, 0.2) is 48.5 Å². The van der Waals surface area contributed by atoms with Gasteiger partial charge in [-0.05, 0) is 55.7 Å². The highest BCUT2D eigenvalue weighted by Crippen LogP contribution is 2.15. The van der Waals surface area contributed by atoms with E-state index in [1.54, 1.807) is 6.92 Å². The van der Waals surface area contributed by atoms with Gasteiger partial charge < -0.3 is 10.1 Å². The fourth-order valence-corrected chi connectivity index (χ4v) is 2.01. The Kier molecular flexibility index (Phi) is 4.99. The summed E-state index contributed by atoms with van der Waals surface area (Å²) in [4.78, 5) is 12.1. The molecule has 3 nitrogen and oxygen atoms in total. The minimum absolute atomic E-state index is 0.152. The van der Waals surface area contributed by atoms with E-state index in [4.69, 9.17) is 4.74 Å². The molecule has 0 saturated heterocycles. The number of amides is 1. The molecule has 0 aliphatic carbocycles. The zero-order chi connectivity index (χ0) is 15.2. The maximum Gasteiger partial charge on any atom is 0.265 e. The number of benzene rings is 2. The molecule has 110 valence electrons. The van der Waals surface area contributed by atoms with Crippen molar-refractivity contribution in [3.05, 3.63) is 59.7 Å². The highest BCUT2D eigenvalue weighted by Gasteiger charge is 2.14. The molecule has 0 aromatic heterocycles. The second kappa shape index (κ2) is 6.93. The van der Waals surface area contributed by atoms with E-state index in [0.717, 1.165) is 17.7 Å². The van der Waals surface area contributed by atoms with Crippen LogP contribution in [0.2, 0.25) is 0 Å². The van der Waals surface area contributed by atoms with Gasteiger partial charge in [-0.2, -0.15) is 0 Å². The molecule has 0 aliphatic rings. The van der Waals surface area contributed by atoms with E-state index < -0.39 is 6.10 Å². The number of carbonyl (C=O) groups is 1. The summed E-state index contributed by atoms with van der Waals surface area (Å²) in [5, 5.41) is 2.86. The third-order valence-electron chi connectivity index (χ3n) is 3.30. The predicted octanol–water partition coefficient (Wildman–Crippen LogP) is 3.96. The molecule has 1 N–H and O–H groups in total. The quantitative estimate of drug-likeness (QED) is 0.902.